The van der Waals surface area contributed by atoms with Gasteiger partial charge < -0.3 is 25.0 Å². The van der Waals surface area contributed by atoms with Gasteiger partial charge in [-0.05, 0) is 31.5 Å². The molecule has 0 atom stereocenters. The Hall–Kier alpha value is -3.99. The number of carbonyl (C=O) groups is 2. The van der Waals surface area contributed by atoms with Gasteiger partial charge >= 0.3 is 41.5 Å². The molecule has 0 spiro atoms. The van der Waals surface area contributed by atoms with E-state index in [4.69, 9.17) is 8.83 Å². The zero-order valence-electron chi connectivity index (χ0n) is 22.5. The van der Waals surface area contributed by atoms with Crippen molar-refractivity contribution in [2.45, 2.75) is 33.2 Å². The Labute approximate surface area is 243 Å². The maximum absolute atomic E-state index is 12.6. The van der Waals surface area contributed by atoms with Crippen LogP contribution in [0.2, 0.25) is 0 Å². The van der Waals surface area contributed by atoms with Crippen molar-refractivity contribution in [1.29, 1.82) is 0 Å². The van der Waals surface area contributed by atoms with E-state index >= 15 is 0 Å². The number of benzene rings is 2. The number of nitrogens with zero attached hydrogens (tertiary/aromatic N) is 1. The average Bonchev–Trinajstić information content (AvgIpc) is 2.89. The number of carboxylic acid groups (broad SMARTS) is 2. The molecule has 196 valence electrons. The van der Waals surface area contributed by atoms with Gasteiger partial charge in [0.05, 0.1) is 22.6 Å². The zero-order valence-corrected chi connectivity index (χ0v) is 23.5. The molecule has 0 saturated heterocycles. The van der Waals surface area contributed by atoms with Gasteiger partial charge in [-0.25, -0.2) is 9.59 Å². The van der Waals surface area contributed by atoms with E-state index in [9.17, 15) is 34.2 Å². The number of aromatic carboxylic acids is 2. The molecule has 0 aliphatic rings. The van der Waals surface area contributed by atoms with Crippen molar-refractivity contribution in [2.24, 2.45) is 0 Å². The zero-order chi connectivity index (χ0) is 27.6. The summed E-state index contributed by atoms with van der Waals surface area (Å²) in [6, 6.07) is 11.9. The molecule has 5 rings (SSSR count). The van der Waals surface area contributed by atoms with Crippen molar-refractivity contribution in [2.75, 3.05) is 0 Å². The first-order chi connectivity index (χ1) is 18.2. The summed E-state index contributed by atoms with van der Waals surface area (Å²) in [6.45, 7) is 3.88. The fourth-order valence-electron chi connectivity index (χ4n) is 4.37. The van der Waals surface area contributed by atoms with Crippen molar-refractivity contribution in [3.8, 4) is 0 Å². The Morgan fingerprint density at radius 1 is 0.872 bits per heavy atom. The van der Waals surface area contributed by atoms with Gasteiger partial charge in [0, 0.05) is 35.7 Å². The van der Waals surface area contributed by atoms with E-state index in [1.807, 2.05) is 19.1 Å². The number of aryl methyl sites for hydroxylation is 2. The van der Waals surface area contributed by atoms with Gasteiger partial charge in [-0.1, -0.05) is 25.5 Å². The van der Waals surface area contributed by atoms with E-state index in [0.29, 0.717) is 34.9 Å². The molecule has 0 saturated carbocycles. The van der Waals surface area contributed by atoms with E-state index in [-0.39, 0.29) is 65.0 Å². The normalized spacial score (nSPS) is 10.6. The molecule has 0 aliphatic carbocycles. The maximum atomic E-state index is 12.6. The Morgan fingerprint density at radius 3 is 2.18 bits per heavy atom. The Bertz CT molecular complexity index is 1900. The summed E-state index contributed by atoms with van der Waals surface area (Å²) in [5, 5.41) is 19.6. The quantitative estimate of drug-likeness (QED) is 0.248. The van der Waals surface area contributed by atoms with Crippen molar-refractivity contribution < 1.29 is 59.6 Å². The van der Waals surface area contributed by atoms with E-state index in [0.717, 1.165) is 12.1 Å². The molecule has 2 N–H and O–H groups in total. The van der Waals surface area contributed by atoms with Crippen LogP contribution in [0.15, 0.2) is 78.0 Å². The molecule has 11 heteroatoms. The van der Waals surface area contributed by atoms with Crippen LogP contribution in [-0.4, -0.2) is 26.7 Å². The molecule has 2 aromatic carbocycles. The third-order valence-corrected chi connectivity index (χ3v) is 6.00. The number of carboxylic acids is 2. The van der Waals surface area contributed by atoms with E-state index in [1.165, 1.54) is 23.0 Å². The fraction of sp³-hybridized carbons (Fsp3) is 0.179. The first kappa shape index (κ1) is 29.6. The third kappa shape index (κ3) is 5.73. The summed E-state index contributed by atoms with van der Waals surface area (Å²) in [4.78, 5) is 59.0. The van der Waals surface area contributed by atoms with E-state index in [1.54, 1.807) is 19.1 Å². The standard InChI is InChI=1S/C19H17NO7.C9H6O2.Na.H/c1-3-5-9-16-10(13(21)7-12(18(23)24)20(16)4-2)6-11-14(22)8-15(19(25)26)27-17(9)11;10-8-5-6-11-9-4-2-1-3-7(8)9;;/h6-8H,3-5H2,1-2H3,(H,23,24)(H,25,26);1-6H;;/q;;+1;-1. The minimum atomic E-state index is -1.39. The van der Waals surface area contributed by atoms with Crippen LogP contribution in [-0.2, 0) is 13.0 Å². The van der Waals surface area contributed by atoms with Gasteiger partial charge in [-0.3, -0.25) is 14.4 Å². The van der Waals surface area contributed by atoms with Crippen molar-refractivity contribution in [1.82, 2.24) is 4.57 Å². The molecule has 0 fully saturated rings. The van der Waals surface area contributed by atoms with Crippen LogP contribution in [0.3, 0.4) is 0 Å². The van der Waals surface area contributed by atoms with Gasteiger partial charge in [0.25, 0.3) is 0 Å². The Morgan fingerprint density at radius 2 is 1.56 bits per heavy atom. The smallest absolute Gasteiger partial charge is 1.00 e. The molecule has 0 radical (unpaired) electrons. The SMILES string of the molecule is CCCc1c2oc(C(=O)O)cc(=O)c2cc2c(=O)cc(C(=O)O)n(CC)c12.O=c1ccoc2ccccc12.[H-].[Na+]. The summed E-state index contributed by atoms with van der Waals surface area (Å²) in [5.74, 6) is -3.15. The molecule has 10 nitrogen and oxygen atoms in total. The molecule has 0 unspecified atom stereocenters. The first-order valence-corrected chi connectivity index (χ1v) is 11.8. The average molecular weight is 541 g/mol. The molecule has 0 aliphatic heterocycles. The molecule has 39 heavy (non-hydrogen) atoms. The predicted molar refractivity (Wildman–Crippen MR) is 141 cm³/mol. The largest absolute Gasteiger partial charge is 1.00 e. The van der Waals surface area contributed by atoms with Crippen LogP contribution in [0.1, 0.15) is 48.3 Å². The molecular formula is C28H24NNaO9. The second-order valence-corrected chi connectivity index (χ2v) is 8.38. The molecular weight excluding hydrogens is 517 g/mol. The van der Waals surface area contributed by atoms with Crippen molar-refractivity contribution >= 4 is 44.8 Å². The molecule has 0 bridgehead atoms. The minimum Gasteiger partial charge on any atom is -1.00 e. The number of aromatic nitrogens is 1. The number of pyridine rings is 1. The molecule has 3 aromatic heterocycles. The fourth-order valence-corrected chi connectivity index (χ4v) is 4.37. The van der Waals surface area contributed by atoms with Gasteiger partial charge in [-0.2, -0.15) is 0 Å². The summed E-state index contributed by atoms with van der Waals surface area (Å²) < 4.78 is 12.0. The van der Waals surface area contributed by atoms with Gasteiger partial charge in [0.2, 0.25) is 5.76 Å². The second kappa shape index (κ2) is 12.2. The van der Waals surface area contributed by atoms with Gasteiger partial charge in [0.1, 0.15) is 16.9 Å². The maximum Gasteiger partial charge on any atom is 1.00 e. The minimum absolute atomic E-state index is 0. The number of fused-ring (bicyclic) bond motifs is 3. The summed E-state index contributed by atoms with van der Waals surface area (Å²) in [7, 11) is 0. The Balaban J connectivity index is 0.000000361. The van der Waals surface area contributed by atoms with Crippen LogP contribution in [0, 0.1) is 0 Å². The number of hydrogen-bond acceptors (Lipinski definition) is 7. The van der Waals surface area contributed by atoms with E-state index in [2.05, 4.69) is 0 Å². The molecule has 5 aromatic rings. The predicted octanol–water partition coefficient (Wildman–Crippen LogP) is 1.39. The second-order valence-electron chi connectivity index (χ2n) is 8.38. The van der Waals surface area contributed by atoms with Gasteiger partial charge in [-0.15, -0.1) is 0 Å². The monoisotopic (exact) mass is 541 g/mol. The van der Waals surface area contributed by atoms with Crippen LogP contribution >= 0.6 is 0 Å². The molecule has 0 amide bonds. The topological polar surface area (TPSA) is 157 Å². The molecule has 3 heterocycles. The van der Waals surface area contributed by atoms with Crippen molar-refractivity contribution in [3.63, 3.8) is 0 Å². The van der Waals surface area contributed by atoms with Gasteiger partial charge in [0.15, 0.2) is 16.3 Å². The summed E-state index contributed by atoms with van der Waals surface area (Å²) >= 11 is 0. The number of hydrogen-bond donors (Lipinski definition) is 2. The van der Waals surface area contributed by atoms with Crippen LogP contribution in [0.5, 0.6) is 0 Å². The number of para-hydroxylation sites is 1. The van der Waals surface area contributed by atoms with E-state index < -0.39 is 28.6 Å². The van der Waals surface area contributed by atoms with Crippen molar-refractivity contribution in [3.05, 3.63) is 102 Å². The number of rotatable bonds is 5. The summed E-state index contributed by atoms with van der Waals surface area (Å²) in [6.07, 6.45) is 2.40. The first-order valence-electron chi connectivity index (χ1n) is 11.8. The third-order valence-electron chi connectivity index (χ3n) is 6.00. The van der Waals surface area contributed by atoms with Crippen LogP contribution in [0.25, 0.3) is 32.8 Å². The Kier molecular flexibility index (Phi) is 9.28. The van der Waals surface area contributed by atoms with Crippen LogP contribution in [0.4, 0.5) is 0 Å². The summed E-state index contributed by atoms with van der Waals surface area (Å²) in [5.41, 5.74) is 0.245. The van der Waals surface area contributed by atoms with Crippen LogP contribution < -0.4 is 45.8 Å².